The summed E-state index contributed by atoms with van der Waals surface area (Å²) in [7, 11) is 3.58. The van der Waals surface area contributed by atoms with Gasteiger partial charge in [0.05, 0.1) is 18.0 Å². The Morgan fingerprint density at radius 2 is 2.12 bits per heavy atom. The second-order valence-electron chi connectivity index (χ2n) is 5.87. The van der Waals surface area contributed by atoms with Crippen LogP contribution in [0.3, 0.4) is 0 Å². The molecule has 0 aliphatic rings. The molecule has 0 bridgehead atoms. The van der Waals surface area contributed by atoms with Crippen LogP contribution in [0.1, 0.15) is 17.9 Å². The molecule has 0 N–H and O–H groups in total. The van der Waals surface area contributed by atoms with E-state index >= 15 is 0 Å². The Kier molecular flexibility index (Phi) is 4.92. The fraction of sp³-hybridized carbons (Fsp3) is 0.278. The van der Waals surface area contributed by atoms with Gasteiger partial charge in [-0.3, -0.25) is 9.48 Å². The van der Waals surface area contributed by atoms with E-state index in [1.807, 2.05) is 13.2 Å². The summed E-state index contributed by atoms with van der Waals surface area (Å²) in [6.45, 7) is 0.499. The smallest absolute Gasteiger partial charge is 0.223 e. The topological polar surface area (TPSA) is 64.2 Å². The SMILES string of the molecule is CN(Cc1cnn(C)c1)C(=O)CCc1ncc(-c2ccccc2F)o1. The number of oxazole rings is 1. The van der Waals surface area contributed by atoms with Crippen LogP contribution in [0.25, 0.3) is 11.3 Å². The molecule has 130 valence electrons. The number of hydrogen-bond acceptors (Lipinski definition) is 4. The molecule has 0 radical (unpaired) electrons. The van der Waals surface area contributed by atoms with Crippen LogP contribution in [0.2, 0.25) is 0 Å². The number of amides is 1. The number of carbonyl (C=O) groups excluding carboxylic acids is 1. The molecule has 3 aromatic rings. The van der Waals surface area contributed by atoms with Crippen molar-refractivity contribution in [1.29, 1.82) is 0 Å². The molecule has 25 heavy (non-hydrogen) atoms. The van der Waals surface area contributed by atoms with Crippen molar-refractivity contribution in [3.63, 3.8) is 0 Å². The molecule has 1 aromatic carbocycles. The van der Waals surface area contributed by atoms with Gasteiger partial charge in [0.1, 0.15) is 5.82 Å². The van der Waals surface area contributed by atoms with Crippen molar-refractivity contribution in [3.8, 4) is 11.3 Å². The Balaban J connectivity index is 1.56. The summed E-state index contributed by atoms with van der Waals surface area (Å²) >= 11 is 0. The maximum absolute atomic E-state index is 13.8. The van der Waals surface area contributed by atoms with Gasteiger partial charge in [0.2, 0.25) is 5.91 Å². The molecule has 0 aliphatic heterocycles. The highest BCUT2D eigenvalue weighted by molar-refractivity contribution is 5.76. The fourth-order valence-corrected chi connectivity index (χ4v) is 2.53. The van der Waals surface area contributed by atoms with E-state index in [2.05, 4.69) is 10.1 Å². The summed E-state index contributed by atoms with van der Waals surface area (Å²) < 4.78 is 21.0. The molecule has 2 heterocycles. The van der Waals surface area contributed by atoms with Crippen molar-refractivity contribution >= 4 is 5.91 Å². The van der Waals surface area contributed by atoms with Crippen molar-refractivity contribution in [3.05, 3.63) is 60.1 Å². The van der Waals surface area contributed by atoms with Gasteiger partial charge in [-0.05, 0) is 12.1 Å². The molecule has 7 heteroatoms. The number of rotatable bonds is 6. The highest BCUT2D eigenvalue weighted by Gasteiger charge is 2.14. The van der Waals surface area contributed by atoms with Gasteiger partial charge in [-0.15, -0.1) is 0 Å². The van der Waals surface area contributed by atoms with Gasteiger partial charge in [0, 0.05) is 45.2 Å². The second-order valence-corrected chi connectivity index (χ2v) is 5.87. The molecule has 1 amide bonds. The lowest BCUT2D eigenvalue weighted by atomic mass is 10.2. The number of benzene rings is 1. The first-order chi connectivity index (χ1) is 12.0. The summed E-state index contributed by atoms with van der Waals surface area (Å²) in [5.74, 6) is 0.401. The van der Waals surface area contributed by atoms with E-state index in [1.165, 1.54) is 12.3 Å². The van der Waals surface area contributed by atoms with Crippen LogP contribution < -0.4 is 0 Å². The third kappa shape index (κ3) is 4.12. The zero-order valence-electron chi connectivity index (χ0n) is 14.1. The first-order valence-corrected chi connectivity index (χ1v) is 7.94. The summed E-state index contributed by atoms with van der Waals surface area (Å²) in [4.78, 5) is 18.0. The van der Waals surface area contributed by atoms with Crippen molar-refractivity contribution in [2.75, 3.05) is 7.05 Å². The Labute approximate surface area is 144 Å². The summed E-state index contributed by atoms with van der Waals surface area (Å²) in [5, 5.41) is 4.08. The first kappa shape index (κ1) is 16.9. The molecule has 2 aromatic heterocycles. The van der Waals surface area contributed by atoms with E-state index in [4.69, 9.17) is 4.42 Å². The molecule has 3 rings (SSSR count). The molecule has 0 spiro atoms. The molecular weight excluding hydrogens is 323 g/mol. The summed E-state index contributed by atoms with van der Waals surface area (Å²) in [6, 6.07) is 6.35. The molecule has 0 aliphatic carbocycles. The van der Waals surface area contributed by atoms with Crippen LogP contribution in [0.15, 0.2) is 47.3 Å². The second kappa shape index (κ2) is 7.29. The van der Waals surface area contributed by atoms with Crippen molar-refractivity contribution in [2.24, 2.45) is 7.05 Å². The Morgan fingerprint density at radius 1 is 1.32 bits per heavy atom. The maximum atomic E-state index is 13.8. The average molecular weight is 342 g/mol. The van der Waals surface area contributed by atoms with Gasteiger partial charge in [0.25, 0.3) is 0 Å². The van der Waals surface area contributed by atoms with Crippen LogP contribution in [0, 0.1) is 5.82 Å². The van der Waals surface area contributed by atoms with Crippen molar-refractivity contribution in [1.82, 2.24) is 19.7 Å². The predicted octanol–water partition coefficient (Wildman–Crippen LogP) is 2.81. The van der Waals surface area contributed by atoms with Crippen molar-refractivity contribution in [2.45, 2.75) is 19.4 Å². The van der Waals surface area contributed by atoms with Crippen LogP contribution in [0.5, 0.6) is 0 Å². The number of aryl methyl sites for hydroxylation is 2. The van der Waals surface area contributed by atoms with Crippen LogP contribution in [0.4, 0.5) is 4.39 Å². The first-order valence-electron chi connectivity index (χ1n) is 7.94. The van der Waals surface area contributed by atoms with E-state index in [9.17, 15) is 9.18 Å². The minimum Gasteiger partial charge on any atom is -0.441 e. The molecule has 0 saturated heterocycles. The van der Waals surface area contributed by atoms with Gasteiger partial charge < -0.3 is 9.32 Å². The molecule has 0 unspecified atom stereocenters. The quantitative estimate of drug-likeness (QED) is 0.691. The molecular formula is C18H19FN4O2. The number of hydrogen-bond donors (Lipinski definition) is 0. The summed E-state index contributed by atoms with van der Waals surface area (Å²) in [6.07, 6.45) is 5.73. The lowest BCUT2D eigenvalue weighted by Gasteiger charge is -2.15. The fourth-order valence-electron chi connectivity index (χ4n) is 2.53. The van der Waals surface area contributed by atoms with Gasteiger partial charge in [-0.25, -0.2) is 9.37 Å². The lowest BCUT2D eigenvalue weighted by Crippen LogP contribution is -2.26. The third-order valence-electron chi connectivity index (χ3n) is 3.85. The van der Waals surface area contributed by atoms with E-state index in [0.29, 0.717) is 30.2 Å². The zero-order valence-corrected chi connectivity index (χ0v) is 14.1. The minimum absolute atomic E-state index is 0.0190. The van der Waals surface area contributed by atoms with E-state index < -0.39 is 0 Å². The van der Waals surface area contributed by atoms with Crippen LogP contribution >= 0.6 is 0 Å². The number of carbonyl (C=O) groups is 1. The predicted molar refractivity (Wildman–Crippen MR) is 89.9 cm³/mol. The molecule has 0 fully saturated rings. The monoisotopic (exact) mass is 342 g/mol. The third-order valence-corrected chi connectivity index (χ3v) is 3.85. The maximum Gasteiger partial charge on any atom is 0.223 e. The largest absolute Gasteiger partial charge is 0.441 e. The van der Waals surface area contributed by atoms with Gasteiger partial charge in [-0.2, -0.15) is 5.10 Å². The number of nitrogens with zero attached hydrogens (tertiary/aromatic N) is 4. The number of aromatic nitrogens is 3. The average Bonchev–Trinajstić information content (AvgIpc) is 3.22. The number of halogens is 1. The standard InChI is InChI=1S/C18H19FN4O2/c1-22(11-13-9-21-23(2)12-13)18(24)8-7-17-20-10-16(25-17)14-5-3-4-6-15(14)19/h3-6,9-10,12H,7-8,11H2,1-2H3. The van der Waals surface area contributed by atoms with Crippen molar-refractivity contribution < 1.29 is 13.6 Å². The Morgan fingerprint density at radius 3 is 2.84 bits per heavy atom. The Hall–Kier alpha value is -2.96. The van der Waals surface area contributed by atoms with Gasteiger partial charge in [-0.1, -0.05) is 12.1 Å². The van der Waals surface area contributed by atoms with Crippen LogP contribution in [-0.2, 0) is 24.8 Å². The van der Waals surface area contributed by atoms with E-state index in [-0.39, 0.29) is 18.1 Å². The van der Waals surface area contributed by atoms with Gasteiger partial charge in [0.15, 0.2) is 11.7 Å². The molecule has 0 atom stereocenters. The van der Waals surface area contributed by atoms with Gasteiger partial charge >= 0.3 is 0 Å². The lowest BCUT2D eigenvalue weighted by molar-refractivity contribution is -0.130. The van der Waals surface area contributed by atoms with E-state index in [1.54, 1.807) is 41.0 Å². The minimum atomic E-state index is -0.363. The highest BCUT2D eigenvalue weighted by atomic mass is 19.1. The van der Waals surface area contributed by atoms with Crippen LogP contribution in [-0.4, -0.2) is 32.6 Å². The normalized spacial score (nSPS) is 10.8. The summed E-state index contributed by atoms with van der Waals surface area (Å²) in [5.41, 5.74) is 1.33. The van der Waals surface area contributed by atoms with E-state index in [0.717, 1.165) is 5.56 Å². The Bertz CT molecular complexity index is 871. The molecule has 0 saturated carbocycles. The molecule has 6 nitrogen and oxygen atoms in total. The highest BCUT2D eigenvalue weighted by Crippen LogP contribution is 2.23. The zero-order chi connectivity index (χ0) is 17.8.